The number of nitrogens with one attached hydrogen (secondary N) is 2. The minimum atomic E-state index is -0.849. The molecule has 4 N–H and O–H groups in total. The van der Waals surface area contributed by atoms with Gasteiger partial charge in [-0.05, 0) is 24.6 Å². The number of aromatic amines is 2. The molecule has 9 heteroatoms. The van der Waals surface area contributed by atoms with Gasteiger partial charge in [0.05, 0.1) is 17.6 Å². The molecule has 1 aromatic heterocycles. The largest absolute Gasteiger partial charge is 0.465 e. The number of ether oxygens (including phenoxy) is 1. The molecule has 22 heavy (non-hydrogen) atoms. The Balaban J connectivity index is 0.00000242. The standard InChI is InChI=1S/C13H14BrN3O4.BrH/c1-2-21-13(20)8(15)4-6-3-7(14)5-9-10(6)17-12(19)11(18)16-9;/h3,5,8H,2,4,15H2,1H3,(H,16,18)(H,17,19);1H. The second-order valence-corrected chi connectivity index (χ2v) is 5.37. The van der Waals surface area contributed by atoms with Gasteiger partial charge >= 0.3 is 17.1 Å². The van der Waals surface area contributed by atoms with Crippen molar-refractivity contribution in [3.63, 3.8) is 0 Å². The number of hydrogen-bond acceptors (Lipinski definition) is 5. The maximum atomic E-state index is 11.6. The van der Waals surface area contributed by atoms with Gasteiger partial charge in [-0.3, -0.25) is 14.4 Å². The van der Waals surface area contributed by atoms with Crippen molar-refractivity contribution in [1.29, 1.82) is 0 Å². The Kier molecular flexibility index (Phi) is 6.51. The number of aromatic nitrogens is 2. The molecule has 0 fully saturated rings. The summed E-state index contributed by atoms with van der Waals surface area (Å²) in [4.78, 5) is 39.4. The average Bonchev–Trinajstić information content (AvgIpc) is 2.41. The van der Waals surface area contributed by atoms with E-state index in [0.29, 0.717) is 21.1 Å². The maximum Gasteiger partial charge on any atom is 0.323 e. The van der Waals surface area contributed by atoms with Gasteiger partial charge in [-0.25, -0.2) is 0 Å². The van der Waals surface area contributed by atoms with Crippen molar-refractivity contribution in [2.24, 2.45) is 5.73 Å². The van der Waals surface area contributed by atoms with Gasteiger partial charge in [0, 0.05) is 10.9 Å². The predicted octanol–water partition coefficient (Wildman–Crippen LogP) is 0.990. The van der Waals surface area contributed by atoms with E-state index in [1.807, 2.05) is 0 Å². The Morgan fingerprint density at radius 1 is 1.32 bits per heavy atom. The minimum absolute atomic E-state index is 0. The number of carbonyl (C=O) groups excluding carboxylic acids is 1. The number of carbonyl (C=O) groups is 1. The second-order valence-electron chi connectivity index (χ2n) is 4.46. The SMILES string of the molecule is Br.CCOC(=O)C(N)Cc1cc(Br)cc2[nH]c(=O)c(=O)[nH]c12. The fourth-order valence-electron chi connectivity index (χ4n) is 1.99. The highest BCUT2D eigenvalue weighted by Crippen LogP contribution is 2.21. The van der Waals surface area contributed by atoms with Crippen LogP contribution in [0.4, 0.5) is 0 Å². The van der Waals surface area contributed by atoms with E-state index in [-0.39, 0.29) is 30.0 Å². The zero-order valence-corrected chi connectivity index (χ0v) is 14.9. The first kappa shape index (κ1) is 18.6. The van der Waals surface area contributed by atoms with Crippen LogP contribution in [0.5, 0.6) is 0 Å². The number of hydrogen-bond donors (Lipinski definition) is 3. The zero-order chi connectivity index (χ0) is 15.6. The second kappa shape index (κ2) is 7.70. The molecule has 1 heterocycles. The van der Waals surface area contributed by atoms with Gasteiger partial charge in [-0.1, -0.05) is 15.9 Å². The molecule has 2 rings (SSSR count). The van der Waals surface area contributed by atoms with Crippen LogP contribution in [-0.4, -0.2) is 28.6 Å². The first-order chi connectivity index (χ1) is 9.92. The summed E-state index contributed by atoms with van der Waals surface area (Å²) in [5.74, 6) is -0.516. The summed E-state index contributed by atoms with van der Waals surface area (Å²) < 4.78 is 5.55. The molecular formula is C13H15Br2N3O4. The molecule has 0 saturated carbocycles. The summed E-state index contributed by atoms with van der Waals surface area (Å²) in [6, 6.07) is 2.54. The van der Waals surface area contributed by atoms with Gasteiger partial charge < -0.3 is 20.4 Å². The van der Waals surface area contributed by atoms with Crippen LogP contribution in [0.2, 0.25) is 0 Å². The summed E-state index contributed by atoms with van der Waals surface area (Å²) in [6.07, 6.45) is 0.177. The highest BCUT2D eigenvalue weighted by molar-refractivity contribution is 9.10. The number of rotatable bonds is 4. The number of benzene rings is 1. The van der Waals surface area contributed by atoms with Gasteiger partial charge in [0.25, 0.3) is 0 Å². The highest BCUT2D eigenvalue weighted by Gasteiger charge is 2.17. The van der Waals surface area contributed by atoms with Crippen molar-refractivity contribution >= 4 is 49.9 Å². The van der Waals surface area contributed by atoms with E-state index in [1.165, 1.54) is 0 Å². The maximum absolute atomic E-state index is 11.6. The number of nitrogens with two attached hydrogens (primary N) is 1. The van der Waals surface area contributed by atoms with Crippen LogP contribution < -0.4 is 16.9 Å². The summed E-state index contributed by atoms with van der Waals surface area (Å²) in [6.45, 7) is 1.94. The molecular weight excluding hydrogens is 422 g/mol. The Labute approximate surface area is 144 Å². The highest BCUT2D eigenvalue weighted by atomic mass is 79.9. The number of halogens is 2. The average molecular weight is 437 g/mol. The molecule has 0 amide bonds. The topological polar surface area (TPSA) is 118 Å². The molecule has 0 bridgehead atoms. The van der Waals surface area contributed by atoms with Crippen LogP contribution in [0, 0.1) is 0 Å². The van der Waals surface area contributed by atoms with Crippen LogP contribution in [-0.2, 0) is 16.0 Å². The van der Waals surface area contributed by atoms with Crippen LogP contribution >= 0.6 is 32.9 Å². The van der Waals surface area contributed by atoms with E-state index in [0.717, 1.165) is 0 Å². The molecule has 0 aliphatic heterocycles. The van der Waals surface area contributed by atoms with E-state index >= 15 is 0 Å². The molecule has 0 saturated heterocycles. The van der Waals surface area contributed by atoms with Crippen LogP contribution in [0.1, 0.15) is 12.5 Å². The fraction of sp³-hybridized carbons (Fsp3) is 0.308. The van der Waals surface area contributed by atoms with E-state index in [1.54, 1.807) is 19.1 Å². The van der Waals surface area contributed by atoms with Gasteiger partial charge in [0.2, 0.25) is 0 Å². The molecule has 1 aromatic carbocycles. The molecule has 1 atom stereocenters. The smallest absolute Gasteiger partial charge is 0.323 e. The number of fused-ring (bicyclic) bond motifs is 1. The van der Waals surface area contributed by atoms with E-state index in [2.05, 4.69) is 25.9 Å². The number of esters is 1. The Morgan fingerprint density at radius 3 is 2.59 bits per heavy atom. The van der Waals surface area contributed by atoms with Crippen molar-refractivity contribution in [3.8, 4) is 0 Å². The van der Waals surface area contributed by atoms with E-state index in [9.17, 15) is 14.4 Å². The molecule has 0 aliphatic rings. The van der Waals surface area contributed by atoms with Gasteiger partial charge in [0.15, 0.2) is 0 Å². The third-order valence-electron chi connectivity index (χ3n) is 2.91. The first-order valence-electron chi connectivity index (χ1n) is 6.29. The van der Waals surface area contributed by atoms with Crippen LogP contribution in [0.15, 0.2) is 26.2 Å². The Bertz CT molecular complexity index is 800. The molecule has 2 aromatic rings. The summed E-state index contributed by atoms with van der Waals surface area (Å²) in [5, 5.41) is 0. The molecule has 0 radical (unpaired) electrons. The van der Waals surface area contributed by atoms with Crippen molar-refractivity contribution < 1.29 is 9.53 Å². The molecule has 120 valence electrons. The molecule has 7 nitrogen and oxygen atoms in total. The molecule has 1 unspecified atom stereocenters. The summed E-state index contributed by atoms with van der Waals surface area (Å²) in [5.41, 5.74) is 5.84. The van der Waals surface area contributed by atoms with Gasteiger partial charge in [0.1, 0.15) is 6.04 Å². The normalized spacial score (nSPS) is 11.8. The van der Waals surface area contributed by atoms with Gasteiger partial charge in [-0.2, -0.15) is 0 Å². The van der Waals surface area contributed by atoms with Crippen LogP contribution in [0.25, 0.3) is 11.0 Å². The number of H-pyrrole nitrogens is 2. The van der Waals surface area contributed by atoms with E-state index in [4.69, 9.17) is 10.5 Å². The lowest BCUT2D eigenvalue weighted by Gasteiger charge is -2.12. The lowest BCUT2D eigenvalue weighted by atomic mass is 10.0. The summed E-state index contributed by atoms with van der Waals surface area (Å²) >= 11 is 3.31. The fourth-order valence-corrected chi connectivity index (χ4v) is 2.49. The third-order valence-corrected chi connectivity index (χ3v) is 3.36. The Hall–Kier alpha value is -1.45. The quantitative estimate of drug-likeness (QED) is 0.487. The van der Waals surface area contributed by atoms with Crippen molar-refractivity contribution in [1.82, 2.24) is 9.97 Å². The summed E-state index contributed by atoms with van der Waals surface area (Å²) in [7, 11) is 0. The zero-order valence-electron chi connectivity index (χ0n) is 11.6. The van der Waals surface area contributed by atoms with Crippen molar-refractivity contribution in [2.75, 3.05) is 6.61 Å². The first-order valence-corrected chi connectivity index (χ1v) is 7.08. The lowest BCUT2D eigenvalue weighted by Crippen LogP contribution is -2.35. The van der Waals surface area contributed by atoms with Gasteiger partial charge in [-0.15, -0.1) is 17.0 Å². The monoisotopic (exact) mass is 435 g/mol. The Morgan fingerprint density at radius 2 is 1.95 bits per heavy atom. The molecule has 0 aliphatic carbocycles. The van der Waals surface area contributed by atoms with Crippen molar-refractivity contribution in [3.05, 3.63) is 42.9 Å². The lowest BCUT2D eigenvalue weighted by molar-refractivity contribution is -0.144. The van der Waals surface area contributed by atoms with Crippen LogP contribution in [0.3, 0.4) is 0 Å². The third kappa shape index (κ3) is 4.05. The minimum Gasteiger partial charge on any atom is -0.465 e. The van der Waals surface area contributed by atoms with E-state index < -0.39 is 23.1 Å². The molecule has 0 spiro atoms. The predicted molar refractivity (Wildman–Crippen MR) is 91.5 cm³/mol. The van der Waals surface area contributed by atoms with Crippen molar-refractivity contribution in [2.45, 2.75) is 19.4 Å².